The Kier molecular flexibility index (Phi) is 12.1. The number of aliphatic hydroxyl groups excluding tert-OH is 1. The highest BCUT2D eigenvalue weighted by atomic mass is 16.5. The number of carbonyl (C=O) groups is 3. The van der Waals surface area contributed by atoms with E-state index in [9.17, 15) is 19.5 Å². The molecular formula is C41H45N3O7. The van der Waals surface area contributed by atoms with Crippen molar-refractivity contribution >= 4 is 23.7 Å². The molecule has 6 rings (SSSR count). The number of benzene rings is 4. The zero-order valence-electron chi connectivity index (χ0n) is 28.7. The third-order valence-electron chi connectivity index (χ3n) is 9.75. The van der Waals surface area contributed by atoms with Crippen LogP contribution in [0.25, 0.3) is 0 Å². The molecule has 5 atom stereocenters. The van der Waals surface area contributed by atoms with Crippen LogP contribution in [0.5, 0.6) is 0 Å². The minimum atomic E-state index is -0.966. The summed E-state index contributed by atoms with van der Waals surface area (Å²) in [5.41, 5.74) is 5.45. The fourth-order valence-corrected chi connectivity index (χ4v) is 7.07. The van der Waals surface area contributed by atoms with Crippen LogP contribution in [0, 0.1) is 0 Å². The Morgan fingerprint density at radius 3 is 2.25 bits per heavy atom. The third-order valence-corrected chi connectivity index (χ3v) is 9.75. The molecule has 0 aromatic heterocycles. The number of aryl methyl sites for hydroxylation is 1. The van der Waals surface area contributed by atoms with Gasteiger partial charge in [0.05, 0.1) is 38.4 Å². The van der Waals surface area contributed by atoms with Gasteiger partial charge in [-0.05, 0) is 53.1 Å². The third kappa shape index (κ3) is 9.21. The minimum absolute atomic E-state index is 0.0693. The van der Waals surface area contributed by atoms with Crippen LogP contribution in [0.15, 0.2) is 109 Å². The number of nitrogens with one attached hydrogen (secondary N) is 3. The van der Waals surface area contributed by atoms with Crippen LogP contribution in [0.3, 0.4) is 0 Å². The van der Waals surface area contributed by atoms with E-state index in [1.54, 1.807) is 0 Å². The monoisotopic (exact) mass is 691 g/mol. The van der Waals surface area contributed by atoms with Gasteiger partial charge in [0.2, 0.25) is 5.91 Å². The van der Waals surface area contributed by atoms with Gasteiger partial charge >= 0.3 is 12.1 Å². The average Bonchev–Trinajstić information content (AvgIpc) is 3.48. The normalized spacial score (nSPS) is 20.2. The number of morpholine rings is 1. The SMILES string of the molecule is COC(=O)N[C@H](C(=O)Nc1ccccc1CC[C@@H]1CN[C@H](COC(=O)C[C@H]2c3ccccc3C[C@H]2O)CO1)C(c1ccccc1)c1ccccc1. The van der Waals surface area contributed by atoms with Crippen molar-refractivity contribution in [3.63, 3.8) is 0 Å². The molecule has 1 fully saturated rings. The van der Waals surface area contributed by atoms with E-state index in [2.05, 4.69) is 16.0 Å². The second kappa shape index (κ2) is 17.3. The Morgan fingerprint density at radius 1 is 0.902 bits per heavy atom. The largest absolute Gasteiger partial charge is 0.464 e. The van der Waals surface area contributed by atoms with Crippen LogP contribution in [0.1, 0.15) is 52.5 Å². The highest BCUT2D eigenvalue weighted by Crippen LogP contribution is 2.36. The van der Waals surface area contributed by atoms with E-state index < -0.39 is 24.2 Å². The van der Waals surface area contributed by atoms with Crippen molar-refractivity contribution in [1.82, 2.24) is 10.6 Å². The summed E-state index contributed by atoms with van der Waals surface area (Å²) in [5, 5.41) is 19.8. The number of ether oxygens (including phenoxy) is 3. The van der Waals surface area contributed by atoms with E-state index in [0.717, 1.165) is 27.8 Å². The summed E-state index contributed by atoms with van der Waals surface area (Å²) < 4.78 is 16.7. The Labute approximate surface area is 298 Å². The predicted octanol–water partition coefficient (Wildman–Crippen LogP) is 5.11. The molecule has 10 heteroatoms. The Balaban J connectivity index is 1.03. The lowest BCUT2D eigenvalue weighted by molar-refractivity contribution is -0.146. The highest BCUT2D eigenvalue weighted by Gasteiger charge is 2.34. The number of methoxy groups -OCH3 is 1. The van der Waals surface area contributed by atoms with Gasteiger partial charge in [-0.3, -0.25) is 9.59 Å². The van der Waals surface area contributed by atoms with Crippen molar-refractivity contribution in [1.29, 1.82) is 0 Å². The number of hydrogen-bond acceptors (Lipinski definition) is 8. The van der Waals surface area contributed by atoms with Crippen molar-refractivity contribution < 1.29 is 33.7 Å². The summed E-state index contributed by atoms with van der Waals surface area (Å²) in [6.07, 6.45) is 0.691. The molecule has 1 aliphatic carbocycles. The number of hydrogen-bond donors (Lipinski definition) is 4. The standard InChI is InChI=1S/C41H45N3O7/c1-49-41(48)44-39(38(28-13-4-2-5-14-28)29-15-6-3-7-16-29)40(47)43-35-19-11-9-12-27(35)20-21-32-24-42-31(25-50-32)26-51-37(46)23-34-33-18-10-8-17-30(33)22-36(34)45/h2-19,31-32,34,36,38-39,42,45H,20-26H2,1H3,(H,43,47)(H,44,48)/t31-,32+,34-,36+,39-/m0/s1. The number of alkyl carbamates (subject to hydrolysis) is 1. The molecule has 10 nitrogen and oxygen atoms in total. The molecule has 4 aromatic rings. The summed E-state index contributed by atoms with van der Waals surface area (Å²) in [6.45, 7) is 1.18. The van der Waals surface area contributed by atoms with E-state index >= 15 is 0 Å². The molecule has 1 aliphatic heterocycles. The quantitative estimate of drug-likeness (QED) is 0.142. The van der Waals surface area contributed by atoms with Gasteiger partial charge in [0.1, 0.15) is 12.6 Å². The maximum absolute atomic E-state index is 14.1. The van der Waals surface area contributed by atoms with Crippen LogP contribution in [0.2, 0.25) is 0 Å². The number of rotatable bonds is 13. The number of anilines is 1. The number of carbonyl (C=O) groups excluding carboxylic acids is 3. The smallest absolute Gasteiger partial charge is 0.407 e. The lowest BCUT2D eigenvalue weighted by atomic mass is 9.84. The maximum Gasteiger partial charge on any atom is 0.407 e. The molecular weight excluding hydrogens is 646 g/mol. The van der Waals surface area contributed by atoms with Crippen molar-refractivity contribution in [2.45, 2.75) is 61.8 Å². The second-order valence-corrected chi connectivity index (χ2v) is 13.1. The van der Waals surface area contributed by atoms with E-state index in [0.29, 0.717) is 38.1 Å². The van der Waals surface area contributed by atoms with E-state index in [-0.39, 0.29) is 43.0 Å². The second-order valence-electron chi connectivity index (χ2n) is 13.1. The van der Waals surface area contributed by atoms with Crippen LogP contribution in [-0.4, -0.2) is 74.2 Å². The van der Waals surface area contributed by atoms with Gasteiger partial charge in [-0.25, -0.2) is 4.79 Å². The summed E-state index contributed by atoms with van der Waals surface area (Å²) in [6, 6.07) is 33.6. The van der Waals surface area contributed by atoms with Gasteiger partial charge in [0.25, 0.3) is 0 Å². The van der Waals surface area contributed by atoms with Crippen molar-refractivity contribution in [2.75, 3.05) is 32.2 Å². The Morgan fingerprint density at radius 2 is 1.57 bits per heavy atom. The first kappa shape index (κ1) is 35.8. The van der Waals surface area contributed by atoms with Crippen LogP contribution in [-0.2, 0) is 36.6 Å². The van der Waals surface area contributed by atoms with Crippen molar-refractivity contribution in [2.24, 2.45) is 0 Å². The molecule has 4 N–H and O–H groups in total. The van der Waals surface area contributed by atoms with Gasteiger partial charge in [-0.1, -0.05) is 103 Å². The van der Waals surface area contributed by atoms with E-state index in [1.165, 1.54) is 7.11 Å². The first-order valence-electron chi connectivity index (χ1n) is 17.5. The molecule has 266 valence electrons. The fraction of sp³-hybridized carbons (Fsp3) is 0.341. The van der Waals surface area contributed by atoms with Gasteiger partial charge < -0.3 is 35.3 Å². The molecule has 1 saturated heterocycles. The zero-order chi connectivity index (χ0) is 35.6. The van der Waals surface area contributed by atoms with Crippen LogP contribution in [0.4, 0.5) is 10.5 Å². The summed E-state index contributed by atoms with van der Waals surface area (Å²) in [7, 11) is 1.28. The van der Waals surface area contributed by atoms with Crippen molar-refractivity contribution in [3.8, 4) is 0 Å². The average molecular weight is 692 g/mol. The number of aliphatic hydroxyl groups is 1. The molecule has 0 spiro atoms. The Bertz CT molecular complexity index is 1720. The van der Waals surface area contributed by atoms with Gasteiger partial charge in [0.15, 0.2) is 0 Å². The number of amides is 2. The first-order chi connectivity index (χ1) is 24.9. The molecule has 2 amide bonds. The fourth-order valence-electron chi connectivity index (χ4n) is 7.07. The maximum atomic E-state index is 14.1. The van der Waals surface area contributed by atoms with Gasteiger partial charge in [0, 0.05) is 24.1 Å². The molecule has 0 bridgehead atoms. The minimum Gasteiger partial charge on any atom is -0.464 e. The molecule has 0 unspecified atom stereocenters. The predicted molar refractivity (Wildman–Crippen MR) is 193 cm³/mol. The van der Waals surface area contributed by atoms with Gasteiger partial charge in [-0.2, -0.15) is 0 Å². The van der Waals surface area contributed by atoms with Crippen LogP contribution >= 0.6 is 0 Å². The number of fused-ring (bicyclic) bond motifs is 1. The number of esters is 1. The van der Waals surface area contributed by atoms with Crippen molar-refractivity contribution in [3.05, 3.63) is 137 Å². The molecule has 1 heterocycles. The van der Waals surface area contributed by atoms with E-state index in [1.807, 2.05) is 109 Å². The summed E-state index contributed by atoms with van der Waals surface area (Å²) in [4.78, 5) is 39.3. The molecule has 4 aromatic carbocycles. The molecule has 0 radical (unpaired) electrons. The first-order valence-corrected chi connectivity index (χ1v) is 17.5. The highest BCUT2D eigenvalue weighted by molar-refractivity contribution is 5.98. The molecule has 0 saturated carbocycles. The topological polar surface area (TPSA) is 135 Å². The number of para-hydroxylation sites is 1. The Hall–Kier alpha value is -5.03. The lowest BCUT2D eigenvalue weighted by Crippen LogP contribution is -2.49. The zero-order valence-corrected chi connectivity index (χ0v) is 28.7. The van der Waals surface area contributed by atoms with Gasteiger partial charge in [-0.15, -0.1) is 0 Å². The van der Waals surface area contributed by atoms with Crippen LogP contribution < -0.4 is 16.0 Å². The summed E-state index contributed by atoms with van der Waals surface area (Å²) >= 11 is 0. The summed E-state index contributed by atoms with van der Waals surface area (Å²) in [5.74, 6) is -1.42. The lowest BCUT2D eigenvalue weighted by Gasteiger charge is -2.30. The molecule has 51 heavy (non-hydrogen) atoms. The van der Waals surface area contributed by atoms with E-state index in [4.69, 9.17) is 14.2 Å². The molecule has 2 aliphatic rings.